The van der Waals surface area contributed by atoms with Gasteiger partial charge in [-0.2, -0.15) is 13.2 Å². The maximum Gasteiger partial charge on any atom is 0.416 e. The number of nitrogens with zero attached hydrogens (tertiary/aromatic N) is 4. The normalized spacial score (nSPS) is 15.3. The first-order chi connectivity index (χ1) is 15.3. The molecule has 0 fully saturated rings. The van der Waals surface area contributed by atoms with Gasteiger partial charge in [0.2, 0.25) is 0 Å². The molecule has 0 unspecified atom stereocenters. The predicted molar refractivity (Wildman–Crippen MR) is 105 cm³/mol. The first-order valence-electron chi connectivity index (χ1n) is 9.38. The highest BCUT2D eigenvalue weighted by molar-refractivity contribution is 5.41. The summed E-state index contributed by atoms with van der Waals surface area (Å²) in [6.07, 6.45) is -1.80. The first kappa shape index (κ1) is 21.3. The quantitative estimate of drug-likeness (QED) is 0.347. The summed E-state index contributed by atoms with van der Waals surface area (Å²) in [5.74, 6) is 5.30. The van der Waals surface area contributed by atoms with Crippen LogP contribution in [-0.2, 0) is 24.1 Å². The summed E-state index contributed by atoms with van der Waals surface area (Å²) in [6.45, 7) is 0.846. The van der Waals surface area contributed by atoms with Crippen LogP contribution in [0.15, 0.2) is 48.8 Å². The topological polar surface area (TPSA) is 92.3 Å². The Labute approximate surface area is 179 Å². The van der Waals surface area contributed by atoms with E-state index in [1.54, 1.807) is 18.3 Å². The smallest absolute Gasteiger partial charge is 0.416 e. The van der Waals surface area contributed by atoms with Crippen LogP contribution >= 0.6 is 0 Å². The molecule has 0 bridgehead atoms. The Morgan fingerprint density at radius 2 is 2.00 bits per heavy atom. The van der Waals surface area contributed by atoms with Crippen LogP contribution in [-0.4, -0.2) is 32.2 Å². The highest BCUT2D eigenvalue weighted by Gasteiger charge is 2.30. The zero-order valence-corrected chi connectivity index (χ0v) is 16.4. The molecule has 32 heavy (non-hydrogen) atoms. The molecule has 4 rings (SSSR count). The number of halogens is 3. The van der Waals surface area contributed by atoms with Crippen molar-refractivity contribution >= 4 is 5.82 Å². The van der Waals surface area contributed by atoms with Crippen LogP contribution in [0.4, 0.5) is 19.0 Å². The molecule has 1 aliphatic rings. The summed E-state index contributed by atoms with van der Waals surface area (Å²) in [5.41, 5.74) is 0.970. The van der Waals surface area contributed by atoms with Crippen molar-refractivity contribution < 1.29 is 27.6 Å². The molecule has 11 heteroatoms. The van der Waals surface area contributed by atoms with Gasteiger partial charge in [-0.1, -0.05) is 12.0 Å². The van der Waals surface area contributed by atoms with Crippen LogP contribution in [0.3, 0.4) is 0 Å². The summed E-state index contributed by atoms with van der Waals surface area (Å²) in [4.78, 5) is 18.2. The number of fused-ring (bicyclic) bond motifs is 1. The third kappa shape index (κ3) is 5.04. The minimum absolute atomic E-state index is 0.189. The molecule has 0 saturated heterocycles. The van der Waals surface area contributed by atoms with E-state index in [-0.39, 0.29) is 31.1 Å². The van der Waals surface area contributed by atoms with Gasteiger partial charge in [-0.3, -0.25) is 4.57 Å². The van der Waals surface area contributed by atoms with E-state index in [4.69, 9.17) is 9.47 Å². The fourth-order valence-corrected chi connectivity index (χ4v) is 2.94. The minimum Gasteiger partial charge on any atom is -0.443 e. The van der Waals surface area contributed by atoms with Crippen molar-refractivity contribution in [3.63, 3.8) is 0 Å². The number of rotatable bonds is 4. The van der Waals surface area contributed by atoms with E-state index >= 15 is 0 Å². The monoisotopic (exact) mass is 444 g/mol. The molecule has 1 aliphatic heterocycles. The average Bonchev–Trinajstić information content (AvgIpc) is 3.20. The Bertz CT molecular complexity index is 1180. The molecule has 0 radical (unpaired) electrons. The van der Waals surface area contributed by atoms with Crippen molar-refractivity contribution in [3.8, 4) is 17.9 Å². The highest BCUT2D eigenvalue weighted by Crippen LogP contribution is 2.29. The van der Waals surface area contributed by atoms with Gasteiger partial charge in [0.15, 0.2) is 0 Å². The average molecular weight is 444 g/mol. The van der Waals surface area contributed by atoms with Crippen molar-refractivity contribution in [2.24, 2.45) is 0 Å². The van der Waals surface area contributed by atoms with E-state index in [0.29, 0.717) is 17.8 Å². The molecule has 1 aromatic carbocycles. The van der Waals surface area contributed by atoms with Gasteiger partial charge in [-0.25, -0.2) is 4.98 Å². The second-order valence-corrected chi connectivity index (χ2v) is 6.91. The maximum atomic E-state index is 12.6. The fraction of sp³-hybridized carbons (Fsp3) is 0.238. The third-order valence-electron chi connectivity index (χ3n) is 4.57. The standard InChI is InChI=1S/C21H15F3N4O4/c22-21(23,24)16-5-1-14(2-6-16)3-7-17-8-4-15(9-25-17)12-31-18-10-27-11-19(28(29)30)26-20(27)32-13-18/h1-2,4-6,8-9,11,18H,10,12-13H2/t18-/m0/s1. The predicted octanol–water partition coefficient (Wildman–Crippen LogP) is 3.58. The molecule has 3 aromatic rings. The molecular formula is C21H15F3N4O4. The molecule has 0 N–H and O–H groups in total. The van der Waals surface area contributed by atoms with Crippen LogP contribution in [0, 0.1) is 22.0 Å². The van der Waals surface area contributed by atoms with Crippen LogP contribution in [0.25, 0.3) is 0 Å². The lowest BCUT2D eigenvalue weighted by molar-refractivity contribution is -0.389. The molecule has 164 valence electrons. The summed E-state index contributed by atoms with van der Waals surface area (Å²) >= 11 is 0. The molecule has 0 amide bonds. The van der Waals surface area contributed by atoms with Gasteiger partial charge in [0, 0.05) is 16.7 Å². The number of pyridine rings is 1. The third-order valence-corrected chi connectivity index (χ3v) is 4.57. The van der Waals surface area contributed by atoms with Gasteiger partial charge in [-0.05, 0) is 46.7 Å². The molecule has 2 aromatic heterocycles. The number of alkyl halides is 3. The summed E-state index contributed by atoms with van der Waals surface area (Å²) in [5, 5.41) is 10.8. The van der Waals surface area contributed by atoms with Crippen molar-refractivity contribution in [1.82, 2.24) is 14.5 Å². The molecule has 8 nitrogen and oxygen atoms in total. The van der Waals surface area contributed by atoms with Gasteiger partial charge in [0.25, 0.3) is 0 Å². The Kier molecular flexibility index (Phi) is 5.79. The van der Waals surface area contributed by atoms with E-state index in [9.17, 15) is 23.3 Å². The Hall–Kier alpha value is -3.91. The first-order valence-corrected chi connectivity index (χ1v) is 9.38. The van der Waals surface area contributed by atoms with Crippen molar-refractivity contribution in [1.29, 1.82) is 0 Å². The van der Waals surface area contributed by atoms with Crippen LogP contribution in [0.2, 0.25) is 0 Å². The fourth-order valence-electron chi connectivity index (χ4n) is 2.94. The number of imidazole rings is 1. The number of ether oxygens (including phenoxy) is 2. The lowest BCUT2D eigenvalue weighted by Gasteiger charge is -2.22. The summed E-state index contributed by atoms with van der Waals surface area (Å²) < 4.78 is 50.5. The summed E-state index contributed by atoms with van der Waals surface area (Å²) in [7, 11) is 0. The lowest BCUT2D eigenvalue weighted by Crippen LogP contribution is -2.32. The zero-order valence-electron chi connectivity index (χ0n) is 16.4. The van der Waals surface area contributed by atoms with Crippen LogP contribution in [0.5, 0.6) is 6.01 Å². The SMILES string of the molecule is O=[N+]([O-])c1cn2c(n1)OC[C@@H](OCc1ccc(C#Cc3ccc(C(F)(F)F)cc3)nc1)C2. The second-order valence-electron chi connectivity index (χ2n) is 6.91. The van der Waals surface area contributed by atoms with Gasteiger partial charge in [-0.15, -0.1) is 0 Å². The Morgan fingerprint density at radius 1 is 1.22 bits per heavy atom. The van der Waals surface area contributed by atoms with E-state index in [0.717, 1.165) is 17.7 Å². The zero-order chi connectivity index (χ0) is 22.7. The van der Waals surface area contributed by atoms with Crippen LogP contribution in [0.1, 0.15) is 22.4 Å². The van der Waals surface area contributed by atoms with Gasteiger partial charge >= 0.3 is 18.0 Å². The van der Waals surface area contributed by atoms with Crippen molar-refractivity contribution in [2.45, 2.75) is 25.4 Å². The molecule has 0 aliphatic carbocycles. The number of aromatic nitrogens is 3. The Balaban J connectivity index is 1.32. The second kappa shape index (κ2) is 8.68. The number of benzene rings is 1. The largest absolute Gasteiger partial charge is 0.443 e. The lowest BCUT2D eigenvalue weighted by atomic mass is 10.1. The molecule has 0 saturated carbocycles. The summed E-state index contributed by atoms with van der Waals surface area (Å²) in [6, 6.07) is 8.24. The molecular weight excluding hydrogens is 429 g/mol. The Morgan fingerprint density at radius 3 is 2.66 bits per heavy atom. The van der Waals surface area contributed by atoms with E-state index in [2.05, 4.69) is 21.8 Å². The molecule has 0 spiro atoms. The van der Waals surface area contributed by atoms with E-state index in [1.165, 1.54) is 22.9 Å². The van der Waals surface area contributed by atoms with Crippen LogP contribution < -0.4 is 4.74 Å². The molecule has 3 heterocycles. The number of hydrogen-bond acceptors (Lipinski definition) is 6. The van der Waals surface area contributed by atoms with E-state index in [1.807, 2.05) is 0 Å². The van der Waals surface area contributed by atoms with Crippen molar-refractivity contribution in [2.75, 3.05) is 6.61 Å². The minimum atomic E-state index is -4.38. The van der Waals surface area contributed by atoms with Gasteiger partial charge < -0.3 is 19.6 Å². The maximum absolute atomic E-state index is 12.6. The van der Waals surface area contributed by atoms with Gasteiger partial charge in [0.05, 0.1) is 18.7 Å². The molecule has 1 atom stereocenters. The number of nitro groups is 1. The highest BCUT2D eigenvalue weighted by atomic mass is 19.4. The van der Waals surface area contributed by atoms with Crippen molar-refractivity contribution in [3.05, 3.63) is 81.3 Å². The van der Waals surface area contributed by atoms with Gasteiger partial charge in [0.1, 0.15) is 24.6 Å². The van der Waals surface area contributed by atoms with E-state index < -0.39 is 16.7 Å². The number of hydrogen-bond donors (Lipinski definition) is 0.